The van der Waals surface area contributed by atoms with Crippen LogP contribution in [0.15, 0.2) is 0 Å². The Hall–Kier alpha value is 0.190. The van der Waals surface area contributed by atoms with Gasteiger partial charge in [-0.1, -0.05) is 0 Å². The van der Waals surface area contributed by atoms with Crippen molar-refractivity contribution in [2.45, 2.75) is 0 Å². The molecule has 0 bridgehead atoms. The summed E-state index contributed by atoms with van der Waals surface area (Å²) in [5, 5.41) is 4.63. The normalized spacial score (nSPS) is 8.40. The molecule has 0 saturated carbocycles. The van der Waals surface area contributed by atoms with Crippen molar-refractivity contribution in [1.82, 2.24) is 0 Å². The second-order valence-electron chi connectivity index (χ2n) is 0.260. The first-order valence-corrected chi connectivity index (χ1v) is 1.61. The molecule has 4 N–H and O–H groups in total. The van der Waals surface area contributed by atoms with Crippen molar-refractivity contribution in [1.29, 1.82) is 0 Å². The molecule has 0 aromatic carbocycles. The average Bonchev–Trinajstić information content (AvgIpc) is 1.41. The van der Waals surface area contributed by atoms with E-state index in [9.17, 15) is 0 Å². The lowest BCUT2D eigenvalue weighted by Gasteiger charge is -1.82. The van der Waals surface area contributed by atoms with E-state index in [1.165, 1.54) is 0 Å². The third-order valence-corrected chi connectivity index (χ3v) is 0.236. The fraction of sp³-hybridized carbons (Fsp3) is 0. The second-order valence-corrected chi connectivity index (χ2v) is 0.589. The van der Waals surface area contributed by atoms with Gasteiger partial charge in [0, 0.05) is 0 Å². The van der Waals surface area contributed by atoms with Gasteiger partial charge < -0.3 is 0 Å². The van der Waals surface area contributed by atoms with Crippen LogP contribution in [0.3, 0.4) is 0 Å². The highest BCUT2D eigenvalue weighted by molar-refractivity contribution is 7.92. The lowest BCUT2D eigenvalue weighted by atomic mass is 13.5. The van der Waals surface area contributed by atoms with E-state index in [2.05, 4.69) is 20.4 Å². The molecule has 0 heterocycles. The summed E-state index contributed by atoms with van der Waals surface area (Å²) < 4.78 is 3.81. The smallest absolute Gasteiger partial charge is 0.117 e. The van der Waals surface area contributed by atoms with Gasteiger partial charge in [0.2, 0.25) is 0 Å². The lowest BCUT2D eigenvalue weighted by Crippen LogP contribution is -1.95. The van der Waals surface area contributed by atoms with Gasteiger partial charge >= 0.3 is 0 Å². The standard InChI is InChI=1S/H4N2O2S/c1-3-4-5-2/h1-2H2. The first-order valence-electron chi connectivity index (χ1n) is 0.805. The molecule has 0 aliphatic carbocycles. The van der Waals surface area contributed by atoms with E-state index in [0.717, 1.165) is 0 Å². The summed E-state index contributed by atoms with van der Waals surface area (Å²) in [5.74, 6) is 4.32. The van der Waals surface area contributed by atoms with Crippen molar-refractivity contribution < 1.29 is 9.32 Å². The zero-order valence-corrected chi connectivity index (χ0v) is 3.20. The number of nitrogens with two attached hydrogens (primary N) is 2. The van der Waals surface area contributed by atoms with Gasteiger partial charge in [-0.15, -0.1) is 9.32 Å². The molecule has 5 heavy (non-hydrogen) atoms. The van der Waals surface area contributed by atoms with Crippen molar-refractivity contribution in [3.63, 3.8) is 0 Å². The van der Waals surface area contributed by atoms with E-state index in [1.807, 2.05) is 0 Å². The minimum absolute atomic E-state index is 0.554. The number of hydrogen-bond donors (Lipinski definition) is 2. The highest BCUT2D eigenvalue weighted by Crippen LogP contribution is 1.82. The number of hydrogen-bond acceptors (Lipinski definition) is 5. The molecule has 0 rings (SSSR count). The van der Waals surface area contributed by atoms with Crippen molar-refractivity contribution in [3.05, 3.63) is 0 Å². The Morgan fingerprint density at radius 1 is 1.60 bits per heavy atom. The predicted molar refractivity (Wildman–Crippen MR) is 18.1 cm³/mol. The van der Waals surface area contributed by atoms with Gasteiger partial charge in [-0.3, -0.25) is 5.14 Å². The molecule has 5 heteroatoms. The van der Waals surface area contributed by atoms with E-state index < -0.39 is 0 Å². The Bertz CT molecular complexity index is 15.1. The van der Waals surface area contributed by atoms with Crippen molar-refractivity contribution >= 4 is 12.2 Å². The Balaban J connectivity index is 2.19. The van der Waals surface area contributed by atoms with Crippen LogP contribution in [-0.4, -0.2) is 0 Å². The minimum atomic E-state index is 0.554. The van der Waals surface area contributed by atoms with E-state index in [1.54, 1.807) is 0 Å². The van der Waals surface area contributed by atoms with Crippen LogP contribution >= 0.6 is 12.2 Å². The van der Waals surface area contributed by atoms with Crippen LogP contribution in [0.4, 0.5) is 0 Å². The third-order valence-electron chi connectivity index (χ3n) is 0.0786. The largest absolute Gasteiger partial charge is 0.251 e. The molecule has 0 atom stereocenters. The Morgan fingerprint density at radius 2 is 2.20 bits per heavy atom. The molecule has 0 aliphatic heterocycles. The highest BCUT2D eigenvalue weighted by Gasteiger charge is 1.66. The van der Waals surface area contributed by atoms with Gasteiger partial charge in [0.25, 0.3) is 0 Å². The lowest BCUT2D eigenvalue weighted by molar-refractivity contribution is -0.195. The molecule has 0 aromatic rings. The van der Waals surface area contributed by atoms with Crippen LogP contribution in [0, 0.1) is 0 Å². The quantitative estimate of drug-likeness (QED) is 0.206. The van der Waals surface area contributed by atoms with Gasteiger partial charge in [0.1, 0.15) is 12.2 Å². The highest BCUT2D eigenvalue weighted by atomic mass is 32.2. The zero-order chi connectivity index (χ0) is 4.12. The SMILES string of the molecule is NOOSN. The topological polar surface area (TPSA) is 70.5 Å². The van der Waals surface area contributed by atoms with Gasteiger partial charge in [0.05, 0.1) is 0 Å². The molecule has 0 aromatic heterocycles. The zero-order valence-electron chi connectivity index (χ0n) is 2.38. The Kier molecular flexibility index (Phi) is 4.35. The van der Waals surface area contributed by atoms with Gasteiger partial charge in [-0.25, -0.2) is 0 Å². The van der Waals surface area contributed by atoms with Crippen molar-refractivity contribution in [2.75, 3.05) is 0 Å². The van der Waals surface area contributed by atoms with Crippen molar-refractivity contribution in [2.24, 2.45) is 11.0 Å². The second kappa shape index (κ2) is 4.19. The molecular formula is H4N2O2S. The Labute approximate surface area is 33.6 Å². The van der Waals surface area contributed by atoms with Gasteiger partial charge in [-0.2, -0.15) is 5.90 Å². The van der Waals surface area contributed by atoms with Crippen LogP contribution in [0.2, 0.25) is 0 Å². The summed E-state index contributed by atoms with van der Waals surface area (Å²) in [4.78, 5) is 3.53. The first-order chi connectivity index (χ1) is 2.41. The molecular weight excluding hydrogens is 92.1 g/mol. The molecule has 4 nitrogen and oxygen atoms in total. The van der Waals surface area contributed by atoms with E-state index in [4.69, 9.17) is 0 Å². The molecule has 0 unspecified atom stereocenters. The molecule has 0 spiro atoms. The van der Waals surface area contributed by atoms with Gasteiger partial charge in [0.15, 0.2) is 0 Å². The molecule has 32 valence electrons. The van der Waals surface area contributed by atoms with Crippen molar-refractivity contribution in [3.8, 4) is 0 Å². The number of rotatable bonds is 2. The van der Waals surface area contributed by atoms with E-state index >= 15 is 0 Å². The maximum Gasteiger partial charge on any atom is 0.117 e. The first kappa shape index (κ1) is 5.19. The summed E-state index contributed by atoms with van der Waals surface area (Å²) >= 11 is 0.554. The van der Waals surface area contributed by atoms with E-state index in [0.29, 0.717) is 12.2 Å². The minimum Gasteiger partial charge on any atom is -0.251 e. The summed E-state index contributed by atoms with van der Waals surface area (Å²) in [6.45, 7) is 0. The maximum atomic E-state index is 4.63. The fourth-order valence-electron chi connectivity index (χ4n) is 0.0227. The monoisotopic (exact) mass is 96.0 g/mol. The van der Waals surface area contributed by atoms with Crippen LogP contribution < -0.4 is 11.0 Å². The van der Waals surface area contributed by atoms with Crippen LogP contribution in [0.25, 0.3) is 0 Å². The molecule has 0 fully saturated rings. The summed E-state index contributed by atoms with van der Waals surface area (Å²) in [5.41, 5.74) is 0. The maximum absolute atomic E-state index is 4.63. The molecule has 0 radical (unpaired) electrons. The average molecular weight is 96.1 g/mol. The summed E-state index contributed by atoms with van der Waals surface area (Å²) in [6.07, 6.45) is 0. The Morgan fingerprint density at radius 3 is 2.20 bits per heavy atom. The summed E-state index contributed by atoms with van der Waals surface area (Å²) in [7, 11) is 0. The molecule has 0 amide bonds. The van der Waals surface area contributed by atoms with Gasteiger partial charge in [-0.05, 0) is 0 Å². The predicted octanol–water partition coefficient (Wildman–Crippen LogP) is -0.670. The van der Waals surface area contributed by atoms with Crippen LogP contribution in [-0.2, 0) is 9.32 Å². The van der Waals surface area contributed by atoms with Crippen LogP contribution in [0.5, 0.6) is 0 Å². The third kappa shape index (κ3) is 4.19. The fourth-order valence-corrected chi connectivity index (χ4v) is 0.0680. The molecule has 0 saturated heterocycles. The molecule has 0 aliphatic rings. The van der Waals surface area contributed by atoms with Crippen LogP contribution in [0.1, 0.15) is 0 Å². The van der Waals surface area contributed by atoms with E-state index in [-0.39, 0.29) is 0 Å². The summed E-state index contributed by atoms with van der Waals surface area (Å²) in [6, 6.07) is 0.